The lowest BCUT2D eigenvalue weighted by molar-refractivity contribution is -0.144. The van der Waals surface area contributed by atoms with Crippen molar-refractivity contribution in [1.82, 2.24) is 4.90 Å². The van der Waals surface area contributed by atoms with Gasteiger partial charge >= 0.3 is 11.8 Å². The Bertz CT molecular complexity index is 542. The summed E-state index contributed by atoms with van der Waals surface area (Å²) in [5, 5.41) is 2.72. The number of benzene rings is 1. The second-order valence-corrected chi connectivity index (χ2v) is 5.45. The fourth-order valence-electron chi connectivity index (χ4n) is 2.39. The number of carbonyl (C=O) groups excluding carboxylic acids is 2. The number of nitrogens with zero attached hydrogens (tertiary/aromatic N) is 1. The summed E-state index contributed by atoms with van der Waals surface area (Å²) in [4.78, 5) is 26.1. The molecule has 2 rings (SSSR count). The molecule has 0 radical (unpaired) electrons. The third-order valence-corrected chi connectivity index (χ3v) is 4.00. The Balaban J connectivity index is 2.08. The number of amides is 2. The van der Waals surface area contributed by atoms with Gasteiger partial charge < -0.3 is 15.0 Å². The smallest absolute Gasteiger partial charge is 0.313 e. The number of rotatable bonds is 1. The van der Waals surface area contributed by atoms with E-state index in [1.165, 1.54) is 0 Å². The molecule has 1 N–H and O–H groups in total. The number of ether oxygens (including phenoxy) is 1. The van der Waals surface area contributed by atoms with Crippen LogP contribution < -0.4 is 5.32 Å². The highest BCUT2D eigenvalue weighted by Gasteiger charge is 2.27. The lowest BCUT2D eigenvalue weighted by atomic mass is 10.1. The first-order valence-electron chi connectivity index (χ1n) is 7.26. The first kappa shape index (κ1) is 15.5. The molecule has 1 aliphatic heterocycles. The largest absolute Gasteiger partial charge is 0.380 e. The Labute approximate surface area is 125 Å². The molecule has 1 fully saturated rings. The zero-order valence-electron chi connectivity index (χ0n) is 12.8. The van der Waals surface area contributed by atoms with Gasteiger partial charge in [-0.3, -0.25) is 9.59 Å². The summed E-state index contributed by atoms with van der Waals surface area (Å²) in [7, 11) is 0. The summed E-state index contributed by atoms with van der Waals surface area (Å²) in [6.45, 7) is 7.41. The molecule has 2 amide bonds. The molecule has 1 saturated heterocycles. The van der Waals surface area contributed by atoms with E-state index in [0.29, 0.717) is 25.4 Å². The van der Waals surface area contributed by atoms with Crippen LogP contribution in [0.25, 0.3) is 0 Å². The van der Waals surface area contributed by atoms with E-state index in [-0.39, 0.29) is 6.04 Å². The molecule has 0 aromatic heterocycles. The Kier molecular flexibility index (Phi) is 4.96. The maximum absolute atomic E-state index is 12.3. The Hall–Kier alpha value is -1.88. The van der Waals surface area contributed by atoms with Gasteiger partial charge in [0.15, 0.2) is 0 Å². The Morgan fingerprint density at radius 2 is 2.05 bits per heavy atom. The summed E-state index contributed by atoms with van der Waals surface area (Å²) in [6.07, 6.45) is 0.752. The quantitative estimate of drug-likeness (QED) is 0.803. The van der Waals surface area contributed by atoms with Crippen LogP contribution in [0.4, 0.5) is 5.69 Å². The average molecular weight is 290 g/mol. The van der Waals surface area contributed by atoms with Crippen LogP contribution in [0, 0.1) is 13.8 Å². The number of nitrogens with one attached hydrogen (secondary N) is 1. The maximum Gasteiger partial charge on any atom is 0.313 e. The highest BCUT2D eigenvalue weighted by Crippen LogP contribution is 2.18. The fourth-order valence-corrected chi connectivity index (χ4v) is 2.39. The molecule has 0 spiro atoms. The molecule has 1 aromatic rings. The van der Waals surface area contributed by atoms with E-state index in [9.17, 15) is 9.59 Å². The molecule has 0 bridgehead atoms. The van der Waals surface area contributed by atoms with Crippen molar-refractivity contribution in [1.29, 1.82) is 0 Å². The van der Waals surface area contributed by atoms with E-state index in [1.807, 2.05) is 39.0 Å². The molecular weight excluding hydrogens is 268 g/mol. The van der Waals surface area contributed by atoms with Crippen molar-refractivity contribution in [3.63, 3.8) is 0 Å². The van der Waals surface area contributed by atoms with Crippen LogP contribution in [-0.4, -0.2) is 42.5 Å². The zero-order chi connectivity index (χ0) is 15.4. The number of anilines is 1. The summed E-state index contributed by atoms with van der Waals surface area (Å²) < 4.78 is 5.35. The predicted octanol–water partition coefficient (Wildman–Crippen LogP) is 1.88. The molecule has 1 aliphatic rings. The number of aryl methyl sites for hydroxylation is 1. The van der Waals surface area contributed by atoms with Crippen molar-refractivity contribution in [2.75, 3.05) is 25.1 Å². The van der Waals surface area contributed by atoms with Crippen LogP contribution in [0.2, 0.25) is 0 Å². The molecule has 21 heavy (non-hydrogen) atoms. The highest BCUT2D eigenvalue weighted by atomic mass is 16.5. The van der Waals surface area contributed by atoms with E-state index in [1.54, 1.807) is 4.90 Å². The molecule has 114 valence electrons. The topological polar surface area (TPSA) is 58.6 Å². The van der Waals surface area contributed by atoms with Gasteiger partial charge in [0.05, 0.1) is 6.61 Å². The van der Waals surface area contributed by atoms with Gasteiger partial charge in [0, 0.05) is 24.9 Å². The standard InChI is InChI=1S/C16H22N2O3/c1-11-5-4-6-14(13(11)3)17-15(19)16(20)18-8-10-21-9-7-12(18)2/h4-6,12H,7-10H2,1-3H3,(H,17,19). The van der Waals surface area contributed by atoms with Crippen LogP contribution in [0.15, 0.2) is 18.2 Å². The Morgan fingerprint density at radius 1 is 1.29 bits per heavy atom. The second kappa shape index (κ2) is 6.72. The first-order chi connectivity index (χ1) is 10.0. The normalized spacial score (nSPS) is 19.0. The van der Waals surface area contributed by atoms with Gasteiger partial charge in [-0.15, -0.1) is 0 Å². The molecule has 1 heterocycles. The molecule has 1 unspecified atom stereocenters. The van der Waals surface area contributed by atoms with Gasteiger partial charge in [0.25, 0.3) is 0 Å². The van der Waals surface area contributed by atoms with Gasteiger partial charge in [-0.1, -0.05) is 12.1 Å². The highest BCUT2D eigenvalue weighted by molar-refractivity contribution is 6.39. The van der Waals surface area contributed by atoms with Crippen molar-refractivity contribution >= 4 is 17.5 Å². The minimum Gasteiger partial charge on any atom is -0.380 e. The third kappa shape index (κ3) is 3.61. The fraction of sp³-hybridized carbons (Fsp3) is 0.500. The number of carbonyl (C=O) groups is 2. The zero-order valence-corrected chi connectivity index (χ0v) is 12.8. The predicted molar refractivity (Wildman–Crippen MR) is 81.2 cm³/mol. The lowest BCUT2D eigenvalue weighted by Gasteiger charge is -2.25. The van der Waals surface area contributed by atoms with Gasteiger partial charge in [0.1, 0.15) is 0 Å². The minimum absolute atomic E-state index is 0.0179. The molecular formula is C16H22N2O3. The summed E-state index contributed by atoms with van der Waals surface area (Å²) in [6, 6.07) is 5.67. The Morgan fingerprint density at radius 3 is 2.81 bits per heavy atom. The molecule has 5 heteroatoms. The van der Waals surface area contributed by atoms with Crippen LogP contribution in [0.3, 0.4) is 0 Å². The average Bonchev–Trinajstić information content (AvgIpc) is 2.67. The van der Waals surface area contributed by atoms with Gasteiger partial charge in [0.2, 0.25) is 0 Å². The minimum atomic E-state index is -0.586. The molecule has 0 aliphatic carbocycles. The molecule has 0 saturated carbocycles. The van der Waals surface area contributed by atoms with Crippen LogP contribution in [-0.2, 0) is 14.3 Å². The number of hydrogen-bond acceptors (Lipinski definition) is 3. The van der Waals surface area contributed by atoms with Gasteiger partial charge in [-0.25, -0.2) is 0 Å². The SMILES string of the molecule is Cc1cccc(NC(=O)C(=O)N2CCOCCC2C)c1C. The van der Waals surface area contributed by atoms with Crippen LogP contribution >= 0.6 is 0 Å². The molecule has 1 atom stereocenters. The maximum atomic E-state index is 12.3. The van der Waals surface area contributed by atoms with E-state index in [0.717, 1.165) is 17.5 Å². The molecule has 1 aromatic carbocycles. The van der Waals surface area contributed by atoms with Crippen molar-refractivity contribution in [2.24, 2.45) is 0 Å². The number of hydrogen-bond donors (Lipinski definition) is 1. The van der Waals surface area contributed by atoms with Gasteiger partial charge in [-0.2, -0.15) is 0 Å². The van der Waals surface area contributed by atoms with E-state index >= 15 is 0 Å². The summed E-state index contributed by atoms with van der Waals surface area (Å²) in [5.41, 5.74) is 2.75. The lowest BCUT2D eigenvalue weighted by Crippen LogP contribution is -2.45. The van der Waals surface area contributed by atoms with Crippen molar-refractivity contribution < 1.29 is 14.3 Å². The van der Waals surface area contributed by atoms with Crippen molar-refractivity contribution in [2.45, 2.75) is 33.2 Å². The van der Waals surface area contributed by atoms with E-state index in [4.69, 9.17) is 4.74 Å². The van der Waals surface area contributed by atoms with E-state index < -0.39 is 11.8 Å². The van der Waals surface area contributed by atoms with E-state index in [2.05, 4.69) is 5.32 Å². The molecule has 5 nitrogen and oxygen atoms in total. The summed E-state index contributed by atoms with van der Waals surface area (Å²) >= 11 is 0. The summed E-state index contributed by atoms with van der Waals surface area (Å²) in [5.74, 6) is -1.08. The second-order valence-electron chi connectivity index (χ2n) is 5.45. The van der Waals surface area contributed by atoms with Crippen LogP contribution in [0.1, 0.15) is 24.5 Å². The van der Waals surface area contributed by atoms with Gasteiger partial charge in [-0.05, 0) is 44.4 Å². The first-order valence-corrected chi connectivity index (χ1v) is 7.26. The third-order valence-electron chi connectivity index (χ3n) is 4.00. The van der Waals surface area contributed by atoms with Crippen LogP contribution in [0.5, 0.6) is 0 Å². The van der Waals surface area contributed by atoms with Crippen molar-refractivity contribution in [3.05, 3.63) is 29.3 Å². The van der Waals surface area contributed by atoms with Crippen molar-refractivity contribution in [3.8, 4) is 0 Å². The monoisotopic (exact) mass is 290 g/mol.